The van der Waals surface area contributed by atoms with Gasteiger partial charge in [0.05, 0.1) is 5.41 Å². The standard InChI is InChI=1S/C15H20N2O4/c1-15(2,14(20)21)10-5-4-8-17(9-10)13(19)12-11(18)6-3-7-16-12/h3,6-7,10,18H,4-5,8-9H2,1-2H3,(H,20,21). The number of carbonyl (C=O) groups is 2. The molecule has 1 unspecified atom stereocenters. The van der Waals surface area contributed by atoms with E-state index in [1.54, 1.807) is 24.8 Å². The highest BCUT2D eigenvalue weighted by Gasteiger charge is 2.40. The molecule has 0 bridgehead atoms. The number of amides is 1. The molecule has 114 valence electrons. The zero-order chi connectivity index (χ0) is 15.6. The summed E-state index contributed by atoms with van der Waals surface area (Å²) >= 11 is 0. The van der Waals surface area contributed by atoms with Crippen LogP contribution in [0.3, 0.4) is 0 Å². The van der Waals surface area contributed by atoms with Crippen LogP contribution in [0.1, 0.15) is 37.2 Å². The molecule has 2 heterocycles. The highest BCUT2D eigenvalue weighted by molar-refractivity contribution is 5.94. The molecule has 1 aromatic heterocycles. The number of aromatic hydroxyl groups is 1. The number of hydrogen-bond acceptors (Lipinski definition) is 4. The highest BCUT2D eigenvalue weighted by atomic mass is 16.4. The molecular weight excluding hydrogens is 272 g/mol. The smallest absolute Gasteiger partial charge is 0.309 e. The summed E-state index contributed by atoms with van der Waals surface area (Å²) in [6.07, 6.45) is 2.98. The van der Waals surface area contributed by atoms with Crippen molar-refractivity contribution in [2.45, 2.75) is 26.7 Å². The van der Waals surface area contributed by atoms with Gasteiger partial charge < -0.3 is 15.1 Å². The summed E-state index contributed by atoms with van der Waals surface area (Å²) in [7, 11) is 0. The molecule has 0 radical (unpaired) electrons. The van der Waals surface area contributed by atoms with Crippen LogP contribution in [-0.4, -0.2) is 45.1 Å². The minimum absolute atomic E-state index is 0.0197. The summed E-state index contributed by atoms with van der Waals surface area (Å²) in [4.78, 5) is 29.3. The maximum atomic E-state index is 12.4. The summed E-state index contributed by atoms with van der Waals surface area (Å²) in [5.74, 6) is -1.47. The Morgan fingerprint density at radius 3 is 2.76 bits per heavy atom. The lowest BCUT2D eigenvalue weighted by Gasteiger charge is -2.39. The van der Waals surface area contributed by atoms with Crippen LogP contribution in [-0.2, 0) is 4.79 Å². The lowest BCUT2D eigenvalue weighted by atomic mass is 9.74. The molecule has 2 N–H and O–H groups in total. The third kappa shape index (κ3) is 2.99. The minimum Gasteiger partial charge on any atom is -0.505 e. The molecule has 6 heteroatoms. The average Bonchev–Trinajstić information content (AvgIpc) is 2.47. The van der Waals surface area contributed by atoms with Crippen molar-refractivity contribution in [3.05, 3.63) is 24.0 Å². The number of carboxylic acids is 1. The molecule has 2 rings (SSSR count). The number of rotatable bonds is 3. The van der Waals surface area contributed by atoms with Crippen LogP contribution in [0.2, 0.25) is 0 Å². The van der Waals surface area contributed by atoms with Crippen LogP contribution in [0.15, 0.2) is 18.3 Å². The fourth-order valence-electron chi connectivity index (χ4n) is 2.64. The van der Waals surface area contributed by atoms with Crippen molar-refractivity contribution in [3.8, 4) is 5.75 Å². The van der Waals surface area contributed by atoms with E-state index in [0.717, 1.165) is 12.8 Å². The molecule has 1 amide bonds. The summed E-state index contributed by atoms with van der Waals surface area (Å²) in [5.41, 5.74) is -0.864. The van der Waals surface area contributed by atoms with E-state index in [4.69, 9.17) is 0 Å². The maximum Gasteiger partial charge on any atom is 0.309 e. The van der Waals surface area contributed by atoms with Gasteiger partial charge in [-0.25, -0.2) is 4.98 Å². The number of piperidine rings is 1. The lowest BCUT2D eigenvalue weighted by molar-refractivity contribution is -0.151. The molecule has 1 aromatic rings. The summed E-state index contributed by atoms with van der Waals surface area (Å²) < 4.78 is 0. The Hall–Kier alpha value is -2.11. The molecule has 6 nitrogen and oxygen atoms in total. The molecule has 1 aliphatic heterocycles. The number of nitrogens with zero attached hydrogens (tertiary/aromatic N) is 2. The van der Waals surface area contributed by atoms with Crippen molar-refractivity contribution in [2.24, 2.45) is 11.3 Å². The molecule has 1 aliphatic rings. The topological polar surface area (TPSA) is 90.7 Å². The molecule has 1 atom stereocenters. The highest BCUT2D eigenvalue weighted by Crippen LogP contribution is 2.34. The fourth-order valence-corrected chi connectivity index (χ4v) is 2.64. The SMILES string of the molecule is CC(C)(C(=O)O)C1CCCN(C(=O)c2ncccc2O)C1. The normalized spacial score (nSPS) is 19.3. The van der Waals surface area contributed by atoms with Gasteiger partial charge in [0.25, 0.3) is 5.91 Å². The zero-order valence-electron chi connectivity index (χ0n) is 12.2. The molecule has 1 saturated heterocycles. The molecule has 0 aromatic carbocycles. The van der Waals surface area contributed by atoms with Crippen LogP contribution in [0.5, 0.6) is 5.75 Å². The van der Waals surface area contributed by atoms with Crippen molar-refractivity contribution in [1.82, 2.24) is 9.88 Å². The van der Waals surface area contributed by atoms with E-state index in [1.165, 1.54) is 12.3 Å². The molecular formula is C15H20N2O4. The predicted octanol–water partition coefficient (Wildman–Crippen LogP) is 1.75. The van der Waals surface area contributed by atoms with E-state index in [2.05, 4.69) is 4.98 Å². The Morgan fingerprint density at radius 1 is 1.43 bits per heavy atom. The van der Waals surface area contributed by atoms with E-state index in [9.17, 15) is 19.8 Å². The van der Waals surface area contributed by atoms with Gasteiger partial charge in [-0.2, -0.15) is 0 Å². The third-order valence-electron chi connectivity index (χ3n) is 4.27. The minimum atomic E-state index is -0.884. The molecule has 21 heavy (non-hydrogen) atoms. The molecule has 0 spiro atoms. The van der Waals surface area contributed by atoms with Crippen LogP contribution < -0.4 is 0 Å². The number of hydrogen-bond donors (Lipinski definition) is 2. The summed E-state index contributed by atoms with van der Waals surface area (Å²) in [6, 6.07) is 2.97. The largest absolute Gasteiger partial charge is 0.505 e. The predicted molar refractivity (Wildman–Crippen MR) is 75.9 cm³/mol. The Morgan fingerprint density at radius 2 is 2.14 bits per heavy atom. The Kier molecular flexibility index (Phi) is 4.16. The second kappa shape index (κ2) is 5.71. The van der Waals surface area contributed by atoms with Crippen molar-refractivity contribution >= 4 is 11.9 Å². The lowest BCUT2D eigenvalue weighted by Crippen LogP contribution is -2.47. The van der Waals surface area contributed by atoms with Gasteiger partial charge in [0, 0.05) is 19.3 Å². The average molecular weight is 292 g/mol. The second-order valence-corrected chi connectivity index (χ2v) is 5.99. The van der Waals surface area contributed by atoms with Gasteiger partial charge in [-0.3, -0.25) is 9.59 Å². The monoisotopic (exact) mass is 292 g/mol. The van der Waals surface area contributed by atoms with Crippen molar-refractivity contribution in [3.63, 3.8) is 0 Å². The Labute approximate surface area is 123 Å². The van der Waals surface area contributed by atoms with Gasteiger partial charge in [0.2, 0.25) is 0 Å². The Balaban J connectivity index is 2.17. The van der Waals surface area contributed by atoms with E-state index in [0.29, 0.717) is 13.1 Å². The van der Waals surface area contributed by atoms with Crippen molar-refractivity contribution in [2.75, 3.05) is 13.1 Å². The number of aromatic nitrogens is 1. The van der Waals surface area contributed by atoms with Crippen LogP contribution in [0.25, 0.3) is 0 Å². The first kappa shape index (κ1) is 15.3. The quantitative estimate of drug-likeness (QED) is 0.885. The number of pyridine rings is 1. The number of carboxylic acid groups (broad SMARTS) is 1. The number of likely N-dealkylation sites (tertiary alicyclic amines) is 1. The first-order valence-corrected chi connectivity index (χ1v) is 7.00. The van der Waals surface area contributed by atoms with Gasteiger partial charge in [-0.05, 0) is 44.7 Å². The molecule has 0 saturated carbocycles. The van der Waals surface area contributed by atoms with Crippen LogP contribution in [0, 0.1) is 11.3 Å². The van der Waals surface area contributed by atoms with E-state index in [1.807, 2.05) is 0 Å². The summed E-state index contributed by atoms with van der Waals surface area (Å²) in [5, 5.41) is 19.0. The van der Waals surface area contributed by atoms with Crippen molar-refractivity contribution in [1.29, 1.82) is 0 Å². The van der Waals surface area contributed by atoms with E-state index < -0.39 is 11.4 Å². The van der Waals surface area contributed by atoms with Gasteiger partial charge in [0.1, 0.15) is 5.75 Å². The van der Waals surface area contributed by atoms with Gasteiger partial charge in [0.15, 0.2) is 5.69 Å². The number of aliphatic carboxylic acids is 1. The zero-order valence-corrected chi connectivity index (χ0v) is 12.2. The van der Waals surface area contributed by atoms with Crippen molar-refractivity contribution < 1.29 is 19.8 Å². The van der Waals surface area contributed by atoms with Crippen LogP contribution >= 0.6 is 0 Å². The Bertz CT molecular complexity index is 556. The molecule has 0 aliphatic carbocycles. The second-order valence-electron chi connectivity index (χ2n) is 5.99. The fraction of sp³-hybridized carbons (Fsp3) is 0.533. The maximum absolute atomic E-state index is 12.4. The number of carbonyl (C=O) groups excluding carboxylic acids is 1. The van der Waals surface area contributed by atoms with E-state index in [-0.39, 0.29) is 23.3 Å². The van der Waals surface area contributed by atoms with Crippen LogP contribution in [0.4, 0.5) is 0 Å². The van der Waals surface area contributed by atoms with Gasteiger partial charge in [-0.1, -0.05) is 0 Å². The molecule has 1 fully saturated rings. The third-order valence-corrected chi connectivity index (χ3v) is 4.27. The van der Waals surface area contributed by atoms with Gasteiger partial charge >= 0.3 is 5.97 Å². The van der Waals surface area contributed by atoms with E-state index >= 15 is 0 Å². The first-order valence-electron chi connectivity index (χ1n) is 7.00. The first-order chi connectivity index (χ1) is 9.84. The van der Waals surface area contributed by atoms with Gasteiger partial charge in [-0.15, -0.1) is 0 Å². The summed E-state index contributed by atoms with van der Waals surface area (Å²) in [6.45, 7) is 4.30.